The highest BCUT2D eigenvalue weighted by atomic mass is 32.2. The third kappa shape index (κ3) is 3.48. The van der Waals surface area contributed by atoms with Crippen molar-refractivity contribution in [2.75, 3.05) is 7.11 Å². The summed E-state index contributed by atoms with van der Waals surface area (Å²) in [5.74, 6) is 1.05. The van der Waals surface area contributed by atoms with Gasteiger partial charge in [0.2, 0.25) is 11.7 Å². The van der Waals surface area contributed by atoms with Gasteiger partial charge in [-0.05, 0) is 48.9 Å². The van der Waals surface area contributed by atoms with Crippen LogP contribution in [0.2, 0.25) is 0 Å². The lowest BCUT2D eigenvalue weighted by Crippen LogP contribution is -2.45. The van der Waals surface area contributed by atoms with Crippen molar-refractivity contribution in [2.45, 2.75) is 24.1 Å². The van der Waals surface area contributed by atoms with Gasteiger partial charge in [-0.1, -0.05) is 0 Å². The van der Waals surface area contributed by atoms with Crippen LogP contribution in [-0.2, 0) is 0 Å². The number of amides is 1. The van der Waals surface area contributed by atoms with Crippen molar-refractivity contribution in [1.82, 2.24) is 10.3 Å². The third-order valence-corrected chi connectivity index (χ3v) is 4.54. The Bertz CT molecular complexity index is 730. The van der Waals surface area contributed by atoms with Crippen molar-refractivity contribution in [2.24, 2.45) is 0 Å². The van der Waals surface area contributed by atoms with E-state index in [0.29, 0.717) is 11.1 Å². The van der Waals surface area contributed by atoms with Gasteiger partial charge in [0.05, 0.1) is 13.3 Å². The molecule has 0 radical (unpaired) electrons. The van der Waals surface area contributed by atoms with Gasteiger partial charge in [-0.15, -0.1) is 0 Å². The summed E-state index contributed by atoms with van der Waals surface area (Å²) < 4.78 is 10.6. The number of hydrogen-bond acceptors (Lipinski definition) is 6. The Morgan fingerprint density at radius 3 is 2.83 bits per heavy atom. The van der Waals surface area contributed by atoms with Crippen molar-refractivity contribution in [1.29, 1.82) is 5.26 Å². The van der Waals surface area contributed by atoms with E-state index in [1.54, 1.807) is 19.2 Å². The Morgan fingerprint density at radius 1 is 1.43 bits per heavy atom. The van der Waals surface area contributed by atoms with Crippen molar-refractivity contribution < 1.29 is 13.9 Å². The highest BCUT2D eigenvalue weighted by Gasteiger charge is 2.31. The standard InChI is InChI=1S/C16H15N3O3S/c1-21-12-4-2-10(3-5-12)16-18-8-14(22-16)15(20)19-11-6-13(7-11)23-9-17/h2-5,8,11,13H,6-7H2,1H3,(H,19,20)/t11-,13+. The first kappa shape index (κ1) is 15.4. The van der Waals surface area contributed by atoms with E-state index < -0.39 is 0 Å². The van der Waals surface area contributed by atoms with E-state index in [-0.39, 0.29) is 17.7 Å². The molecule has 0 aliphatic heterocycles. The van der Waals surface area contributed by atoms with Gasteiger partial charge < -0.3 is 14.5 Å². The largest absolute Gasteiger partial charge is 0.497 e. The summed E-state index contributed by atoms with van der Waals surface area (Å²) in [5, 5.41) is 13.9. The highest BCUT2D eigenvalue weighted by molar-refractivity contribution is 8.04. The quantitative estimate of drug-likeness (QED) is 0.849. The van der Waals surface area contributed by atoms with Gasteiger partial charge in [-0.3, -0.25) is 4.79 Å². The van der Waals surface area contributed by atoms with Crippen LogP contribution in [0.15, 0.2) is 34.9 Å². The maximum Gasteiger partial charge on any atom is 0.288 e. The van der Waals surface area contributed by atoms with E-state index in [1.165, 1.54) is 18.0 Å². The van der Waals surface area contributed by atoms with E-state index in [1.807, 2.05) is 12.1 Å². The number of aromatic nitrogens is 1. The molecule has 1 aliphatic carbocycles. The molecule has 1 heterocycles. The molecule has 1 aromatic heterocycles. The van der Waals surface area contributed by atoms with E-state index in [4.69, 9.17) is 14.4 Å². The molecule has 1 fully saturated rings. The molecule has 118 valence electrons. The molecule has 2 aromatic rings. The van der Waals surface area contributed by atoms with Crippen LogP contribution in [0.4, 0.5) is 0 Å². The topological polar surface area (TPSA) is 88.1 Å². The smallest absolute Gasteiger partial charge is 0.288 e. The molecule has 3 rings (SSSR count). The summed E-state index contributed by atoms with van der Waals surface area (Å²) in [6.07, 6.45) is 3.04. The molecule has 1 amide bonds. The number of carbonyl (C=O) groups excluding carboxylic acids is 1. The molecule has 7 heteroatoms. The predicted octanol–water partition coefficient (Wildman–Crippen LogP) is 2.83. The molecular formula is C16H15N3O3S. The minimum absolute atomic E-state index is 0.0999. The molecular weight excluding hydrogens is 314 g/mol. The van der Waals surface area contributed by atoms with Gasteiger partial charge in [-0.2, -0.15) is 5.26 Å². The summed E-state index contributed by atoms with van der Waals surface area (Å²) in [7, 11) is 1.60. The number of hydrogen-bond donors (Lipinski definition) is 1. The Hall–Kier alpha value is -2.46. The van der Waals surface area contributed by atoms with Gasteiger partial charge in [-0.25, -0.2) is 4.98 Å². The fourth-order valence-corrected chi connectivity index (χ4v) is 3.16. The second-order valence-electron chi connectivity index (χ2n) is 5.23. The lowest BCUT2D eigenvalue weighted by atomic mass is 9.92. The maximum atomic E-state index is 12.1. The SMILES string of the molecule is COc1ccc(-c2ncc(C(=O)N[C@H]3C[C@@H](SC#N)C3)o2)cc1. The van der Waals surface area contributed by atoms with Crippen LogP contribution < -0.4 is 10.1 Å². The molecule has 1 N–H and O–H groups in total. The highest BCUT2D eigenvalue weighted by Crippen LogP contribution is 2.31. The first-order chi connectivity index (χ1) is 11.2. The Morgan fingerprint density at radius 2 is 2.17 bits per heavy atom. The number of nitrogens with zero attached hydrogens (tertiary/aromatic N) is 2. The Kier molecular flexibility index (Phi) is 4.53. The summed E-state index contributed by atoms with van der Waals surface area (Å²) in [4.78, 5) is 16.3. The lowest BCUT2D eigenvalue weighted by molar-refractivity contribution is 0.0891. The van der Waals surface area contributed by atoms with Crippen LogP contribution in [0.5, 0.6) is 5.75 Å². The van der Waals surface area contributed by atoms with Crippen molar-refractivity contribution in [3.05, 3.63) is 36.2 Å². The van der Waals surface area contributed by atoms with Crippen molar-refractivity contribution in [3.8, 4) is 22.6 Å². The first-order valence-electron chi connectivity index (χ1n) is 7.15. The van der Waals surface area contributed by atoms with Crippen LogP contribution in [0.25, 0.3) is 11.5 Å². The summed E-state index contributed by atoms with van der Waals surface area (Å²) >= 11 is 1.26. The molecule has 1 aromatic carbocycles. The van der Waals surface area contributed by atoms with Crippen molar-refractivity contribution >= 4 is 17.7 Å². The summed E-state index contributed by atoms with van der Waals surface area (Å²) in [5.41, 5.74) is 0.777. The number of benzene rings is 1. The number of nitrogens with one attached hydrogen (secondary N) is 1. The minimum Gasteiger partial charge on any atom is -0.497 e. The van der Waals surface area contributed by atoms with Gasteiger partial charge in [0.15, 0.2) is 0 Å². The Balaban J connectivity index is 1.60. The molecule has 0 saturated heterocycles. The molecule has 1 saturated carbocycles. The lowest BCUT2D eigenvalue weighted by Gasteiger charge is -2.33. The second-order valence-corrected chi connectivity index (χ2v) is 6.32. The molecule has 0 spiro atoms. The second kappa shape index (κ2) is 6.75. The monoisotopic (exact) mass is 329 g/mol. The van der Waals surface area contributed by atoms with Gasteiger partial charge in [0, 0.05) is 16.9 Å². The summed E-state index contributed by atoms with van der Waals surface area (Å²) in [6.45, 7) is 0. The van der Waals surface area contributed by atoms with Gasteiger partial charge in [0.1, 0.15) is 11.2 Å². The number of rotatable bonds is 5. The van der Waals surface area contributed by atoms with Crippen molar-refractivity contribution in [3.63, 3.8) is 0 Å². The van der Waals surface area contributed by atoms with Gasteiger partial charge in [0.25, 0.3) is 5.91 Å². The number of ether oxygens (including phenoxy) is 1. The molecule has 23 heavy (non-hydrogen) atoms. The maximum absolute atomic E-state index is 12.1. The molecule has 6 nitrogen and oxygen atoms in total. The third-order valence-electron chi connectivity index (χ3n) is 3.72. The molecule has 1 aliphatic rings. The average molecular weight is 329 g/mol. The Labute approximate surface area is 137 Å². The van der Waals surface area contributed by atoms with Gasteiger partial charge >= 0.3 is 0 Å². The number of nitriles is 1. The molecule has 0 bridgehead atoms. The van der Waals surface area contributed by atoms with Crippen LogP contribution in [0.1, 0.15) is 23.4 Å². The van der Waals surface area contributed by atoms with Crippen LogP contribution in [0.3, 0.4) is 0 Å². The fourth-order valence-electron chi connectivity index (χ4n) is 2.36. The average Bonchev–Trinajstić information content (AvgIpc) is 3.03. The van der Waals surface area contributed by atoms with Crippen LogP contribution >= 0.6 is 11.8 Å². The zero-order chi connectivity index (χ0) is 16.2. The molecule has 0 atom stereocenters. The van der Waals surface area contributed by atoms with E-state index >= 15 is 0 Å². The normalized spacial score (nSPS) is 19.5. The predicted molar refractivity (Wildman–Crippen MR) is 86.0 cm³/mol. The number of methoxy groups -OCH3 is 1. The zero-order valence-electron chi connectivity index (χ0n) is 12.5. The first-order valence-corrected chi connectivity index (χ1v) is 8.03. The number of thiocyanates is 1. The number of oxazole rings is 1. The number of carbonyl (C=O) groups is 1. The summed E-state index contributed by atoms with van der Waals surface area (Å²) in [6, 6.07) is 7.36. The van der Waals surface area contributed by atoms with E-state index in [2.05, 4.69) is 15.7 Å². The molecule has 0 unspecified atom stereocenters. The van der Waals surface area contributed by atoms with E-state index in [0.717, 1.165) is 24.2 Å². The fraction of sp³-hybridized carbons (Fsp3) is 0.312. The zero-order valence-corrected chi connectivity index (χ0v) is 13.3. The minimum atomic E-state index is -0.275. The number of thioether (sulfide) groups is 1. The van der Waals surface area contributed by atoms with E-state index in [9.17, 15) is 4.79 Å². The van der Waals surface area contributed by atoms with Crippen LogP contribution in [-0.4, -0.2) is 29.3 Å². The van der Waals surface area contributed by atoms with Crippen LogP contribution in [0, 0.1) is 10.7 Å².